The van der Waals surface area contributed by atoms with Gasteiger partial charge in [0, 0.05) is 20.6 Å². The van der Waals surface area contributed by atoms with Gasteiger partial charge in [0.2, 0.25) is 0 Å². The van der Waals surface area contributed by atoms with Crippen LogP contribution in [0.3, 0.4) is 0 Å². The third-order valence-corrected chi connectivity index (χ3v) is 5.17. The second-order valence-corrected chi connectivity index (χ2v) is 7.19. The highest BCUT2D eigenvalue weighted by Crippen LogP contribution is 2.26. The molecule has 0 radical (unpaired) electrons. The molecule has 2 N–H and O–H groups in total. The second kappa shape index (κ2) is 6.54. The van der Waals surface area contributed by atoms with Crippen molar-refractivity contribution in [3.63, 3.8) is 0 Å². The number of carbonyl (C=O) groups excluding carboxylic acids is 1. The van der Waals surface area contributed by atoms with Crippen LogP contribution >= 0.6 is 38.5 Å². The third kappa shape index (κ3) is 3.49. The van der Waals surface area contributed by atoms with Gasteiger partial charge in [-0.1, -0.05) is 15.9 Å². The van der Waals surface area contributed by atoms with Crippen LogP contribution in [0, 0.1) is 9.49 Å². The largest absolute Gasteiger partial charge is 0.336 e. The quantitative estimate of drug-likeness (QED) is 0.723. The molecule has 1 aromatic rings. The predicted octanol–water partition coefficient (Wildman–Crippen LogP) is 3.25. The van der Waals surface area contributed by atoms with Gasteiger partial charge in [-0.05, 0) is 73.0 Å². The fraction of sp³-hybridized carbons (Fsp3) is 0.500. The third-order valence-electron chi connectivity index (χ3n) is 3.73. The lowest BCUT2D eigenvalue weighted by molar-refractivity contribution is 0.0565. The Balaban J connectivity index is 2.24. The lowest BCUT2D eigenvalue weighted by Gasteiger charge is -2.38. The SMILES string of the molecule is CC1CCC(CN)CN1C(=O)c1cc(Br)ccc1I. The molecule has 1 aliphatic heterocycles. The predicted molar refractivity (Wildman–Crippen MR) is 89.1 cm³/mol. The fourth-order valence-electron chi connectivity index (χ4n) is 2.47. The van der Waals surface area contributed by atoms with Crippen LogP contribution in [0.25, 0.3) is 0 Å². The molecule has 0 aliphatic carbocycles. The van der Waals surface area contributed by atoms with E-state index in [-0.39, 0.29) is 5.91 Å². The molecule has 2 atom stereocenters. The molecule has 1 aromatic carbocycles. The second-order valence-electron chi connectivity index (χ2n) is 5.11. The average molecular weight is 437 g/mol. The van der Waals surface area contributed by atoms with Gasteiger partial charge < -0.3 is 10.6 Å². The number of nitrogens with two attached hydrogens (primary N) is 1. The molecule has 2 rings (SSSR count). The van der Waals surface area contributed by atoms with Gasteiger partial charge in [-0.2, -0.15) is 0 Å². The molecule has 1 fully saturated rings. The van der Waals surface area contributed by atoms with Crippen molar-refractivity contribution < 1.29 is 4.79 Å². The van der Waals surface area contributed by atoms with Gasteiger partial charge in [-0.3, -0.25) is 4.79 Å². The first-order valence-corrected chi connectivity index (χ1v) is 8.36. The topological polar surface area (TPSA) is 46.3 Å². The minimum Gasteiger partial charge on any atom is -0.336 e. The maximum absolute atomic E-state index is 12.7. The Bertz CT molecular complexity index is 481. The van der Waals surface area contributed by atoms with Crippen molar-refractivity contribution in [3.05, 3.63) is 31.8 Å². The van der Waals surface area contributed by atoms with Crippen molar-refractivity contribution in [2.45, 2.75) is 25.8 Å². The van der Waals surface area contributed by atoms with Gasteiger partial charge in [-0.15, -0.1) is 0 Å². The van der Waals surface area contributed by atoms with E-state index in [9.17, 15) is 4.79 Å². The van der Waals surface area contributed by atoms with E-state index >= 15 is 0 Å². The summed E-state index contributed by atoms with van der Waals surface area (Å²) in [4.78, 5) is 14.7. The maximum atomic E-state index is 12.7. The summed E-state index contributed by atoms with van der Waals surface area (Å²) in [6.07, 6.45) is 2.16. The number of hydrogen-bond donors (Lipinski definition) is 1. The monoisotopic (exact) mass is 436 g/mol. The van der Waals surface area contributed by atoms with Gasteiger partial charge in [0.1, 0.15) is 0 Å². The zero-order valence-electron chi connectivity index (χ0n) is 10.9. The summed E-state index contributed by atoms with van der Waals surface area (Å²) >= 11 is 5.65. The van der Waals surface area contributed by atoms with Crippen molar-refractivity contribution in [2.24, 2.45) is 11.7 Å². The van der Waals surface area contributed by atoms with E-state index in [1.54, 1.807) is 0 Å². The van der Waals surface area contributed by atoms with Crippen molar-refractivity contribution in [2.75, 3.05) is 13.1 Å². The average Bonchev–Trinajstić information content (AvgIpc) is 2.41. The number of benzene rings is 1. The Morgan fingerprint density at radius 2 is 2.26 bits per heavy atom. The highest BCUT2D eigenvalue weighted by atomic mass is 127. The van der Waals surface area contributed by atoms with Gasteiger partial charge in [0.25, 0.3) is 5.91 Å². The normalized spacial score (nSPS) is 23.5. The van der Waals surface area contributed by atoms with Crippen molar-refractivity contribution in [1.82, 2.24) is 4.90 Å². The summed E-state index contributed by atoms with van der Waals surface area (Å²) in [5.74, 6) is 0.557. The van der Waals surface area contributed by atoms with Gasteiger partial charge in [0.15, 0.2) is 0 Å². The van der Waals surface area contributed by atoms with Crippen LogP contribution in [-0.2, 0) is 0 Å². The molecule has 3 nitrogen and oxygen atoms in total. The molecular weight excluding hydrogens is 419 g/mol. The molecule has 0 saturated carbocycles. The lowest BCUT2D eigenvalue weighted by Crippen LogP contribution is -2.47. The van der Waals surface area contributed by atoms with Crippen LogP contribution < -0.4 is 5.73 Å². The Morgan fingerprint density at radius 3 is 2.95 bits per heavy atom. The molecule has 104 valence electrons. The highest BCUT2D eigenvalue weighted by Gasteiger charge is 2.29. The van der Waals surface area contributed by atoms with Gasteiger partial charge in [0.05, 0.1) is 5.56 Å². The van der Waals surface area contributed by atoms with E-state index in [1.807, 2.05) is 23.1 Å². The molecule has 19 heavy (non-hydrogen) atoms. The Morgan fingerprint density at radius 1 is 1.53 bits per heavy atom. The first-order valence-electron chi connectivity index (χ1n) is 6.49. The highest BCUT2D eigenvalue weighted by molar-refractivity contribution is 14.1. The van der Waals surface area contributed by atoms with Crippen LogP contribution in [0.1, 0.15) is 30.1 Å². The summed E-state index contributed by atoms with van der Waals surface area (Å²) in [6, 6.07) is 6.13. The van der Waals surface area contributed by atoms with Crippen molar-refractivity contribution in [1.29, 1.82) is 0 Å². The number of halogens is 2. The van der Waals surface area contributed by atoms with E-state index in [0.29, 0.717) is 18.5 Å². The molecule has 0 spiro atoms. The Labute approximate surface area is 136 Å². The molecule has 2 unspecified atom stereocenters. The van der Waals surface area contributed by atoms with E-state index in [1.165, 1.54) is 0 Å². The molecule has 5 heteroatoms. The number of piperidine rings is 1. The van der Waals surface area contributed by atoms with Crippen LogP contribution in [0.4, 0.5) is 0 Å². The molecule has 0 aromatic heterocycles. The zero-order chi connectivity index (χ0) is 14.0. The minimum atomic E-state index is 0.122. The van der Waals surface area contributed by atoms with Crippen LogP contribution in [0.2, 0.25) is 0 Å². The van der Waals surface area contributed by atoms with E-state index in [2.05, 4.69) is 45.4 Å². The lowest BCUT2D eigenvalue weighted by atomic mass is 9.93. The summed E-state index contributed by atoms with van der Waals surface area (Å²) in [5.41, 5.74) is 6.53. The Hall–Kier alpha value is -0.140. The standard InChI is InChI=1S/C14H18BrIN2O/c1-9-2-3-10(7-17)8-18(9)14(19)12-6-11(15)4-5-13(12)16/h4-6,9-10H,2-3,7-8,17H2,1H3. The smallest absolute Gasteiger partial charge is 0.255 e. The van der Waals surface area contributed by atoms with Crippen LogP contribution in [-0.4, -0.2) is 29.9 Å². The molecule has 1 saturated heterocycles. The molecule has 0 bridgehead atoms. The number of carbonyl (C=O) groups is 1. The number of rotatable bonds is 2. The number of amides is 1. The van der Waals surface area contributed by atoms with E-state index in [4.69, 9.17) is 5.73 Å². The Kier molecular flexibility index (Phi) is 5.25. The van der Waals surface area contributed by atoms with Crippen LogP contribution in [0.15, 0.2) is 22.7 Å². The van der Waals surface area contributed by atoms with Crippen LogP contribution in [0.5, 0.6) is 0 Å². The van der Waals surface area contributed by atoms with Gasteiger partial charge in [-0.25, -0.2) is 0 Å². The van der Waals surface area contributed by atoms with Crippen molar-refractivity contribution >= 4 is 44.4 Å². The maximum Gasteiger partial charge on any atom is 0.255 e. The first-order chi connectivity index (χ1) is 9.02. The summed E-state index contributed by atoms with van der Waals surface area (Å²) < 4.78 is 1.93. The summed E-state index contributed by atoms with van der Waals surface area (Å²) in [7, 11) is 0. The summed E-state index contributed by atoms with van der Waals surface area (Å²) in [5, 5.41) is 0. The van der Waals surface area contributed by atoms with Gasteiger partial charge >= 0.3 is 0 Å². The molecule has 1 heterocycles. The fourth-order valence-corrected chi connectivity index (χ4v) is 3.40. The molecule has 1 aliphatic rings. The number of nitrogens with zero attached hydrogens (tertiary/aromatic N) is 1. The van der Waals surface area contributed by atoms with E-state index < -0.39 is 0 Å². The minimum absolute atomic E-state index is 0.122. The van der Waals surface area contributed by atoms with E-state index in [0.717, 1.165) is 33.0 Å². The molecular formula is C14H18BrIN2O. The first kappa shape index (κ1) is 15.3. The number of likely N-dealkylation sites (tertiary alicyclic amines) is 1. The molecule has 1 amide bonds. The number of hydrogen-bond acceptors (Lipinski definition) is 2. The summed E-state index contributed by atoms with van der Waals surface area (Å²) in [6.45, 7) is 3.56. The van der Waals surface area contributed by atoms with Crippen molar-refractivity contribution in [3.8, 4) is 0 Å². The zero-order valence-corrected chi connectivity index (χ0v) is 14.6.